The van der Waals surface area contributed by atoms with Crippen molar-refractivity contribution >= 4 is 23.3 Å². The molecule has 1 amide bonds. The van der Waals surface area contributed by atoms with Crippen molar-refractivity contribution in [3.8, 4) is 0 Å². The van der Waals surface area contributed by atoms with Gasteiger partial charge in [0.15, 0.2) is 0 Å². The number of nitro groups is 1. The Morgan fingerprint density at radius 3 is 2.67 bits per heavy atom. The minimum atomic E-state index is -1.17. The van der Waals surface area contributed by atoms with Crippen LogP contribution in [0.3, 0.4) is 0 Å². The normalized spacial score (nSPS) is 11.3. The molecule has 8 heteroatoms. The average molecular weight is 293 g/mol. The fourth-order valence-electron chi connectivity index (χ4n) is 1.67. The van der Waals surface area contributed by atoms with Crippen molar-refractivity contribution in [1.82, 2.24) is 5.32 Å². The van der Waals surface area contributed by atoms with Gasteiger partial charge < -0.3 is 15.7 Å². The molecule has 0 saturated carbocycles. The Hall–Kier alpha value is -2.90. The number of carboxylic acids is 1. The SMILES string of the molecule is C=CCC(Nc1cc(C(=O)NC)ccc1[N+](=O)[O-])C(=O)O. The Morgan fingerprint density at radius 1 is 1.52 bits per heavy atom. The lowest BCUT2D eigenvalue weighted by atomic mass is 10.1. The maximum absolute atomic E-state index is 11.6. The highest BCUT2D eigenvalue weighted by Crippen LogP contribution is 2.26. The lowest BCUT2D eigenvalue weighted by molar-refractivity contribution is -0.384. The number of hydrogen-bond donors (Lipinski definition) is 3. The molecule has 3 N–H and O–H groups in total. The van der Waals surface area contributed by atoms with E-state index in [1.807, 2.05) is 0 Å². The number of carbonyl (C=O) groups excluding carboxylic acids is 1. The lowest BCUT2D eigenvalue weighted by Gasteiger charge is -2.14. The van der Waals surface area contributed by atoms with Crippen LogP contribution < -0.4 is 10.6 Å². The van der Waals surface area contributed by atoms with Crippen molar-refractivity contribution < 1.29 is 19.6 Å². The minimum absolute atomic E-state index is 0.0321. The molecule has 1 unspecified atom stereocenters. The Balaban J connectivity index is 3.22. The molecule has 0 fully saturated rings. The minimum Gasteiger partial charge on any atom is -0.480 e. The van der Waals surface area contributed by atoms with E-state index in [1.54, 1.807) is 0 Å². The summed E-state index contributed by atoms with van der Waals surface area (Å²) in [5.74, 6) is -1.60. The smallest absolute Gasteiger partial charge is 0.326 e. The van der Waals surface area contributed by atoms with Crippen LogP contribution in [0, 0.1) is 10.1 Å². The van der Waals surface area contributed by atoms with E-state index >= 15 is 0 Å². The standard InChI is InChI=1S/C13H15N3O5/c1-3-4-9(13(18)19)15-10-7-8(12(17)14-2)5-6-11(10)16(20)21/h3,5-7,9,15H,1,4H2,2H3,(H,14,17)(H,18,19). The molecule has 8 nitrogen and oxygen atoms in total. The van der Waals surface area contributed by atoms with Gasteiger partial charge in [-0.2, -0.15) is 0 Å². The topological polar surface area (TPSA) is 122 Å². The van der Waals surface area contributed by atoms with E-state index in [4.69, 9.17) is 5.11 Å². The summed E-state index contributed by atoms with van der Waals surface area (Å²) in [6.45, 7) is 3.44. The van der Waals surface area contributed by atoms with Crippen molar-refractivity contribution in [3.05, 3.63) is 46.5 Å². The van der Waals surface area contributed by atoms with Crippen LogP contribution in [0.25, 0.3) is 0 Å². The molecule has 0 radical (unpaired) electrons. The average Bonchev–Trinajstić information content (AvgIpc) is 2.45. The van der Waals surface area contributed by atoms with Crippen molar-refractivity contribution in [3.63, 3.8) is 0 Å². The number of hydrogen-bond acceptors (Lipinski definition) is 5. The highest BCUT2D eigenvalue weighted by atomic mass is 16.6. The quantitative estimate of drug-likeness (QED) is 0.397. The molecule has 1 aromatic rings. The summed E-state index contributed by atoms with van der Waals surface area (Å²) in [7, 11) is 1.43. The Kier molecular flexibility index (Phi) is 5.41. The summed E-state index contributed by atoms with van der Waals surface area (Å²) in [6.07, 6.45) is 1.47. The van der Waals surface area contributed by atoms with Gasteiger partial charge in [-0.15, -0.1) is 6.58 Å². The molecule has 0 heterocycles. The van der Waals surface area contributed by atoms with Crippen LogP contribution in [0.5, 0.6) is 0 Å². The Labute approximate surface area is 120 Å². The molecular formula is C13H15N3O5. The predicted molar refractivity (Wildman–Crippen MR) is 76.3 cm³/mol. The molecule has 0 aliphatic rings. The molecule has 0 spiro atoms. The molecule has 1 aromatic carbocycles. The third kappa shape index (κ3) is 4.03. The molecular weight excluding hydrogens is 278 g/mol. The first-order valence-electron chi connectivity index (χ1n) is 6.01. The fourth-order valence-corrected chi connectivity index (χ4v) is 1.67. The van der Waals surface area contributed by atoms with Crippen molar-refractivity contribution in [2.24, 2.45) is 0 Å². The van der Waals surface area contributed by atoms with Crippen LogP contribution in [-0.4, -0.2) is 35.0 Å². The van der Waals surface area contributed by atoms with E-state index in [0.29, 0.717) is 0 Å². The molecule has 112 valence electrons. The maximum atomic E-state index is 11.6. The van der Waals surface area contributed by atoms with Crippen LogP contribution >= 0.6 is 0 Å². The van der Waals surface area contributed by atoms with E-state index in [-0.39, 0.29) is 23.4 Å². The highest BCUT2D eigenvalue weighted by molar-refractivity contribution is 5.96. The van der Waals surface area contributed by atoms with Crippen LogP contribution in [0.2, 0.25) is 0 Å². The zero-order valence-electron chi connectivity index (χ0n) is 11.3. The second-order valence-corrected chi connectivity index (χ2v) is 4.13. The van der Waals surface area contributed by atoms with Gasteiger partial charge in [-0.3, -0.25) is 14.9 Å². The van der Waals surface area contributed by atoms with Gasteiger partial charge in [0.25, 0.3) is 11.6 Å². The molecule has 0 saturated heterocycles. The molecule has 1 atom stereocenters. The van der Waals surface area contributed by atoms with Crippen molar-refractivity contribution in [2.45, 2.75) is 12.5 Å². The van der Waals surface area contributed by atoms with Gasteiger partial charge >= 0.3 is 5.97 Å². The van der Waals surface area contributed by atoms with Crippen LogP contribution in [0.1, 0.15) is 16.8 Å². The summed E-state index contributed by atoms with van der Waals surface area (Å²) < 4.78 is 0. The van der Waals surface area contributed by atoms with Gasteiger partial charge in [0, 0.05) is 18.7 Å². The van der Waals surface area contributed by atoms with E-state index < -0.39 is 22.8 Å². The summed E-state index contributed by atoms with van der Waals surface area (Å²) in [4.78, 5) is 33.0. The van der Waals surface area contributed by atoms with Crippen LogP contribution in [0.4, 0.5) is 11.4 Å². The van der Waals surface area contributed by atoms with E-state index in [2.05, 4.69) is 17.2 Å². The van der Waals surface area contributed by atoms with Crippen molar-refractivity contribution in [2.75, 3.05) is 12.4 Å². The molecule has 0 bridgehead atoms. The molecule has 0 aliphatic heterocycles. The van der Waals surface area contributed by atoms with Gasteiger partial charge in [-0.25, -0.2) is 4.79 Å². The number of nitrogens with one attached hydrogen (secondary N) is 2. The molecule has 0 aliphatic carbocycles. The number of carbonyl (C=O) groups is 2. The number of amides is 1. The van der Waals surface area contributed by atoms with Gasteiger partial charge in [0.2, 0.25) is 0 Å². The highest BCUT2D eigenvalue weighted by Gasteiger charge is 2.22. The second-order valence-electron chi connectivity index (χ2n) is 4.13. The summed E-state index contributed by atoms with van der Waals surface area (Å²) in [5.41, 5.74) is -0.151. The summed E-state index contributed by atoms with van der Waals surface area (Å²) in [5, 5.41) is 25.0. The van der Waals surface area contributed by atoms with Gasteiger partial charge in [-0.05, 0) is 18.6 Å². The number of aliphatic carboxylic acids is 1. The zero-order valence-corrected chi connectivity index (χ0v) is 11.3. The number of carboxylic acid groups (broad SMARTS) is 1. The number of benzene rings is 1. The number of anilines is 1. The van der Waals surface area contributed by atoms with E-state index in [9.17, 15) is 19.7 Å². The van der Waals surface area contributed by atoms with Crippen molar-refractivity contribution in [1.29, 1.82) is 0 Å². The van der Waals surface area contributed by atoms with Gasteiger partial charge in [0.1, 0.15) is 11.7 Å². The van der Waals surface area contributed by atoms with E-state index in [0.717, 1.165) is 6.07 Å². The van der Waals surface area contributed by atoms with Gasteiger partial charge in [-0.1, -0.05) is 6.08 Å². The molecule has 1 rings (SSSR count). The first-order valence-corrected chi connectivity index (χ1v) is 6.01. The number of nitrogens with zero attached hydrogens (tertiary/aromatic N) is 1. The first-order chi connectivity index (χ1) is 9.90. The fraction of sp³-hybridized carbons (Fsp3) is 0.231. The number of rotatable bonds is 7. The molecule has 0 aromatic heterocycles. The largest absolute Gasteiger partial charge is 0.480 e. The van der Waals surface area contributed by atoms with E-state index in [1.165, 1.54) is 25.3 Å². The zero-order chi connectivity index (χ0) is 16.0. The van der Waals surface area contributed by atoms with Crippen LogP contribution in [-0.2, 0) is 4.79 Å². The third-order valence-corrected chi connectivity index (χ3v) is 2.71. The Bertz CT molecular complexity index is 585. The Morgan fingerprint density at radius 2 is 2.19 bits per heavy atom. The summed E-state index contributed by atoms with van der Waals surface area (Å²) >= 11 is 0. The second kappa shape index (κ2) is 7.04. The number of nitro benzene ring substituents is 1. The monoisotopic (exact) mass is 293 g/mol. The summed E-state index contributed by atoms with van der Waals surface area (Å²) in [6, 6.07) is 2.63. The molecule has 21 heavy (non-hydrogen) atoms. The van der Waals surface area contributed by atoms with Gasteiger partial charge in [0.05, 0.1) is 4.92 Å². The third-order valence-electron chi connectivity index (χ3n) is 2.71. The lowest BCUT2D eigenvalue weighted by Crippen LogP contribution is -2.29. The predicted octanol–water partition coefficient (Wildman–Crippen LogP) is 1.40. The first kappa shape index (κ1) is 16.2. The van der Waals surface area contributed by atoms with Crippen LogP contribution in [0.15, 0.2) is 30.9 Å². The maximum Gasteiger partial charge on any atom is 0.326 e.